The molecule has 0 aromatic heterocycles. The lowest BCUT2D eigenvalue weighted by Gasteiger charge is -2.31. The van der Waals surface area contributed by atoms with Crippen molar-refractivity contribution < 1.29 is 9.47 Å². The molecule has 1 fully saturated rings. The summed E-state index contributed by atoms with van der Waals surface area (Å²) in [5.41, 5.74) is 2.44. The number of nitrogens with zero attached hydrogens (tertiary/aromatic N) is 1. The van der Waals surface area contributed by atoms with Crippen LogP contribution in [0.25, 0.3) is 5.57 Å². The Morgan fingerprint density at radius 2 is 2.00 bits per heavy atom. The first-order valence-electron chi connectivity index (χ1n) is 8.02. The Bertz CT molecular complexity index is 477. The molecule has 0 N–H and O–H groups in total. The molecule has 2 rings (SSSR count). The largest absolute Gasteiger partial charge is 0.379 e. The van der Waals surface area contributed by atoms with Crippen molar-refractivity contribution in [2.75, 3.05) is 33.0 Å². The molecule has 1 aromatic carbocycles. The van der Waals surface area contributed by atoms with Gasteiger partial charge in [-0.1, -0.05) is 49.4 Å². The fraction of sp³-hybridized carbons (Fsp3) is 0.474. The van der Waals surface area contributed by atoms with Crippen molar-refractivity contribution in [2.24, 2.45) is 5.92 Å². The Morgan fingerprint density at radius 1 is 1.32 bits per heavy atom. The van der Waals surface area contributed by atoms with Crippen LogP contribution in [0.5, 0.6) is 0 Å². The van der Waals surface area contributed by atoms with Gasteiger partial charge in [0.25, 0.3) is 0 Å². The number of allylic oxidation sites excluding steroid dienone is 1. The van der Waals surface area contributed by atoms with Crippen LogP contribution in [0.4, 0.5) is 0 Å². The maximum absolute atomic E-state index is 6.27. The molecular formula is C19H27NO2. The minimum atomic E-state index is 0.0211. The molecule has 2 unspecified atom stereocenters. The van der Waals surface area contributed by atoms with Gasteiger partial charge in [0.05, 0.1) is 19.3 Å². The van der Waals surface area contributed by atoms with Crippen molar-refractivity contribution in [2.45, 2.75) is 20.0 Å². The summed E-state index contributed by atoms with van der Waals surface area (Å²) in [6.45, 7) is 12.3. The molecule has 3 nitrogen and oxygen atoms in total. The molecule has 1 aliphatic heterocycles. The fourth-order valence-electron chi connectivity index (χ4n) is 2.69. The van der Waals surface area contributed by atoms with Crippen LogP contribution in [0.1, 0.15) is 19.4 Å². The first kappa shape index (κ1) is 16.9. The lowest BCUT2D eigenvalue weighted by molar-refractivity contribution is -0.0532. The maximum Gasteiger partial charge on any atom is 0.100 e. The number of ether oxygens (including phenoxy) is 2. The Kier molecular flexibility index (Phi) is 6.84. The average Bonchev–Trinajstić information content (AvgIpc) is 2.59. The summed E-state index contributed by atoms with van der Waals surface area (Å²) >= 11 is 0. The van der Waals surface area contributed by atoms with Crippen molar-refractivity contribution in [1.29, 1.82) is 0 Å². The van der Waals surface area contributed by atoms with Gasteiger partial charge in [0, 0.05) is 19.0 Å². The summed E-state index contributed by atoms with van der Waals surface area (Å²) < 4.78 is 11.7. The number of rotatable bonds is 7. The van der Waals surface area contributed by atoms with E-state index in [4.69, 9.17) is 9.47 Å². The van der Waals surface area contributed by atoms with Gasteiger partial charge in [0.1, 0.15) is 6.73 Å². The van der Waals surface area contributed by atoms with Gasteiger partial charge in [0.2, 0.25) is 0 Å². The number of benzene rings is 1. The van der Waals surface area contributed by atoms with Crippen molar-refractivity contribution in [3.05, 3.63) is 54.6 Å². The van der Waals surface area contributed by atoms with Crippen molar-refractivity contribution in [1.82, 2.24) is 4.90 Å². The van der Waals surface area contributed by atoms with Crippen LogP contribution < -0.4 is 0 Å². The molecule has 1 aromatic rings. The van der Waals surface area contributed by atoms with Gasteiger partial charge in [0.15, 0.2) is 0 Å². The molecule has 1 saturated heterocycles. The Labute approximate surface area is 134 Å². The van der Waals surface area contributed by atoms with Crippen LogP contribution in [0.2, 0.25) is 0 Å². The van der Waals surface area contributed by atoms with Crippen LogP contribution in [-0.2, 0) is 9.47 Å². The molecule has 2 atom stereocenters. The summed E-state index contributed by atoms with van der Waals surface area (Å²) in [5.74, 6) is 0.257. The predicted octanol–water partition coefficient (Wildman–Crippen LogP) is 3.59. The summed E-state index contributed by atoms with van der Waals surface area (Å²) in [7, 11) is 0. The Morgan fingerprint density at radius 3 is 2.59 bits per heavy atom. The zero-order valence-corrected chi connectivity index (χ0v) is 13.7. The van der Waals surface area contributed by atoms with Crippen LogP contribution in [0.15, 0.2) is 49.1 Å². The molecule has 0 aliphatic carbocycles. The number of hydrogen-bond acceptors (Lipinski definition) is 3. The van der Waals surface area contributed by atoms with Gasteiger partial charge in [-0.05, 0) is 18.1 Å². The van der Waals surface area contributed by atoms with Gasteiger partial charge in [-0.2, -0.15) is 0 Å². The minimum Gasteiger partial charge on any atom is -0.379 e. The highest BCUT2D eigenvalue weighted by Gasteiger charge is 2.22. The highest BCUT2D eigenvalue weighted by atomic mass is 16.5. The molecule has 0 radical (unpaired) electrons. The van der Waals surface area contributed by atoms with E-state index >= 15 is 0 Å². The molecule has 120 valence electrons. The van der Waals surface area contributed by atoms with Crippen LogP contribution >= 0.6 is 0 Å². The first-order chi connectivity index (χ1) is 10.8. The van der Waals surface area contributed by atoms with Gasteiger partial charge >= 0.3 is 0 Å². The zero-order chi connectivity index (χ0) is 15.8. The molecule has 3 heteroatoms. The second kappa shape index (κ2) is 8.89. The van der Waals surface area contributed by atoms with Crippen molar-refractivity contribution >= 4 is 5.57 Å². The van der Waals surface area contributed by atoms with Crippen LogP contribution in [-0.4, -0.2) is 44.0 Å². The second-order valence-electron chi connectivity index (χ2n) is 5.65. The van der Waals surface area contributed by atoms with Crippen LogP contribution in [0, 0.1) is 5.92 Å². The normalized spacial score (nSPS) is 19.6. The van der Waals surface area contributed by atoms with E-state index in [0.717, 1.165) is 26.3 Å². The summed E-state index contributed by atoms with van der Waals surface area (Å²) in [4.78, 5) is 2.30. The molecule has 0 bridgehead atoms. The summed E-state index contributed by atoms with van der Waals surface area (Å²) in [5, 5.41) is 0. The first-order valence-corrected chi connectivity index (χ1v) is 8.02. The Balaban J connectivity index is 2.09. The average molecular weight is 301 g/mol. The van der Waals surface area contributed by atoms with E-state index in [1.807, 2.05) is 12.1 Å². The van der Waals surface area contributed by atoms with E-state index in [1.54, 1.807) is 0 Å². The zero-order valence-electron chi connectivity index (χ0n) is 13.7. The third-order valence-electron chi connectivity index (χ3n) is 4.11. The van der Waals surface area contributed by atoms with Crippen molar-refractivity contribution in [3.63, 3.8) is 0 Å². The summed E-state index contributed by atoms with van der Waals surface area (Å²) in [6, 6.07) is 10.4. The van der Waals surface area contributed by atoms with Crippen molar-refractivity contribution in [3.8, 4) is 0 Å². The van der Waals surface area contributed by atoms with E-state index in [0.29, 0.717) is 6.73 Å². The molecular weight excluding hydrogens is 274 g/mol. The lowest BCUT2D eigenvalue weighted by atomic mass is 9.92. The third kappa shape index (κ3) is 4.54. The monoisotopic (exact) mass is 301 g/mol. The molecule has 0 spiro atoms. The molecule has 1 aliphatic rings. The van der Waals surface area contributed by atoms with E-state index in [-0.39, 0.29) is 12.0 Å². The fourth-order valence-corrected chi connectivity index (χ4v) is 2.69. The highest BCUT2D eigenvalue weighted by molar-refractivity contribution is 5.69. The maximum atomic E-state index is 6.27. The lowest BCUT2D eigenvalue weighted by Crippen LogP contribution is -2.39. The van der Waals surface area contributed by atoms with Gasteiger partial charge in [-0.3, -0.25) is 4.90 Å². The van der Waals surface area contributed by atoms with Gasteiger partial charge in [-0.15, -0.1) is 6.58 Å². The minimum absolute atomic E-state index is 0.0211. The molecule has 0 saturated carbocycles. The van der Waals surface area contributed by atoms with E-state index < -0.39 is 0 Å². The quantitative estimate of drug-likeness (QED) is 0.718. The summed E-state index contributed by atoms with van der Waals surface area (Å²) in [6.07, 6.45) is 4.14. The van der Waals surface area contributed by atoms with Gasteiger partial charge < -0.3 is 9.47 Å². The smallest absolute Gasteiger partial charge is 0.100 e. The molecule has 0 amide bonds. The van der Waals surface area contributed by atoms with Gasteiger partial charge in [-0.25, -0.2) is 0 Å². The predicted molar refractivity (Wildman–Crippen MR) is 91.6 cm³/mol. The molecule has 22 heavy (non-hydrogen) atoms. The van der Waals surface area contributed by atoms with Crippen LogP contribution in [0.3, 0.4) is 0 Å². The van der Waals surface area contributed by atoms with E-state index in [1.165, 1.54) is 11.1 Å². The standard InChI is InChI=1S/C19H27NO2/c1-4-16(3)19(22-15-20-11-13-21-14-12-20)18(5-2)17-9-7-6-8-10-17/h4-10,16,19H,1,11-15H2,2-3H3/b18-5-. The Hall–Kier alpha value is -1.42. The van der Waals surface area contributed by atoms with E-state index in [9.17, 15) is 0 Å². The SMILES string of the molecule is C=CC(C)C(OCN1CCOCC1)/C(=C\C)c1ccccc1. The number of morpholine rings is 1. The second-order valence-corrected chi connectivity index (χ2v) is 5.65. The number of hydrogen-bond donors (Lipinski definition) is 0. The molecule has 1 heterocycles. The topological polar surface area (TPSA) is 21.7 Å². The van der Waals surface area contributed by atoms with E-state index in [2.05, 4.69) is 55.7 Å². The highest BCUT2D eigenvalue weighted by Crippen LogP contribution is 2.27. The third-order valence-corrected chi connectivity index (χ3v) is 4.11.